The number of aliphatic hydroxyl groups is 1. The molecule has 43 heteroatoms. The highest BCUT2D eigenvalue weighted by Gasteiger charge is 2.39. The number of carbonyl (C=O) groups is 12. The molecular formula is C85H134N30O13. The van der Waals surface area contributed by atoms with Crippen LogP contribution in [0.3, 0.4) is 0 Å². The van der Waals surface area contributed by atoms with Crippen LogP contribution in [-0.4, -0.2) is 233 Å². The molecule has 0 aliphatic rings. The Hall–Kier alpha value is -13.2. The Labute approximate surface area is 743 Å². The summed E-state index contributed by atoms with van der Waals surface area (Å²) in [5.41, 5.74) is 50.2. The number of nitrogens with two attached hydrogens (primary N) is 8. The highest BCUT2D eigenvalue weighted by Crippen LogP contribution is 2.24. The fraction of sp³-hybridized carbons (Fsp3) is 0.529. The minimum Gasteiger partial charge on any atom is -0.391 e. The molecule has 3 heterocycles. The number of aromatic amines is 3. The molecule has 0 unspecified atom stereocenters. The van der Waals surface area contributed by atoms with Crippen LogP contribution in [0.1, 0.15) is 154 Å². The van der Waals surface area contributed by atoms with E-state index in [1.165, 1.54) is 6.92 Å². The monoisotopic (exact) mass is 1780 g/mol. The van der Waals surface area contributed by atoms with Crippen molar-refractivity contribution in [3.8, 4) is 0 Å². The molecule has 0 bridgehead atoms. The molecule has 39 N–H and O–H groups in total. The van der Waals surface area contributed by atoms with Gasteiger partial charge < -0.3 is 146 Å². The standard InChI is InChI=1S/C85H134N30O13/c1-46(2)38-65(77(124)105-59(70(89)117)26-12-14-32-86)111-73(120)62(29-17-35-99-83(92)93)109-80(127)68(42-51-45-104-58-25-11-8-22-54(51)58)114-75(122)64(31-19-37-101-85(96)97)110-81(128)69(48(5)116)115-76(123)60(27-13-15-33-87)107-79(126)67(41-50-44-103-57-24-10-7-21-53(50)57)113-74(121)63(30-18-36-100-84(94)95)108-78(125)66(39-47(3)4)112-72(119)61(28-16-34-98-82(90)91)106-71(118)55(88)40-49-43-102-56-23-9-6-20-52(49)56/h6-11,20-25,43-48,55,59-69,102-104,116H,12-19,26-42,86-88H2,1-5H3,(H2,89,117)(H,105,124)(H,106,118)(H,107,126)(H,108,125)(H,109,127)(H,110,128)(H,111,120)(H,112,119)(H,113,121)(H,114,122)(H,115,123)(H4,90,91,98)(H4,92,93,99)(H4,94,95,100)(H4,96,97,101)/t48-,55+,59+,60+,61+,62+,63+,64+,65+,66+,67+,68+,69+/m1/s1. The van der Waals surface area contributed by atoms with Crippen LogP contribution in [-0.2, 0) is 76.8 Å². The summed E-state index contributed by atoms with van der Waals surface area (Å²) >= 11 is 0. The van der Waals surface area contributed by atoms with Gasteiger partial charge in [-0.1, -0.05) is 82.3 Å². The van der Waals surface area contributed by atoms with Gasteiger partial charge in [-0.15, -0.1) is 0 Å². The third-order valence-electron chi connectivity index (χ3n) is 21.3. The summed E-state index contributed by atoms with van der Waals surface area (Å²) < 4.78 is 0. The van der Waals surface area contributed by atoms with Crippen molar-refractivity contribution in [3.05, 3.63) is 108 Å². The number of hydrogen-bond acceptors (Lipinski definition) is 20. The molecule has 0 saturated carbocycles. The van der Waals surface area contributed by atoms with E-state index >= 15 is 28.8 Å². The lowest BCUT2D eigenvalue weighted by atomic mass is 10.00. The predicted molar refractivity (Wildman–Crippen MR) is 487 cm³/mol. The van der Waals surface area contributed by atoms with Crippen molar-refractivity contribution in [2.45, 2.75) is 235 Å². The number of primary amides is 1. The second-order valence-electron chi connectivity index (χ2n) is 32.8. The van der Waals surface area contributed by atoms with Crippen LogP contribution in [0, 0.1) is 33.5 Å². The van der Waals surface area contributed by atoms with Gasteiger partial charge in [-0.2, -0.15) is 0 Å². The van der Waals surface area contributed by atoms with Crippen molar-refractivity contribution < 1.29 is 62.6 Å². The lowest BCUT2D eigenvalue weighted by Crippen LogP contribution is -2.62. The van der Waals surface area contributed by atoms with E-state index in [0.717, 1.165) is 16.5 Å². The highest BCUT2D eigenvalue weighted by molar-refractivity contribution is 6.01. The number of aromatic nitrogens is 3. The minimum atomic E-state index is -1.91. The molecule has 0 spiro atoms. The SMILES string of the molecule is CC(C)C[C@H](NC(=O)[C@H](CCCNC(=N)N)NC(=O)[C@H](Cc1c[nH]c2ccccc12)NC(=O)[C@H](CCCNC(=N)N)NC(=O)[C@@H](NC(=O)[C@H](CCCCN)NC(=O)[C@H](Cc1c[nH]c2ccccc12)NC(=O)[C@H](CCCNC(=N)N)NC(=O)[C@H](CC(C)C)NC(=O)[C@H](CCCNC(=N)N)NC(=O)[C@@H](N)Cc1c[nH]c2ccccc12)[C@@H](C)O)C(=O)N[C@@H](CCCCN)C(N)=O. The number of carbonyl (C=O) groups excluding carboxylic acids is 12. The van der Waals surface area contributed by atoms with Crippen molar-refractivity contribution >= 4 is 127 Å². The first-order chi connectivity index (χ1) is 61.0. The van der Waals surface area contributed by atoms with E-state index < -0.39 is 155 Å². The van der Waals surface area contributed by atoms with Crippen molar-refractivity contribution in [2.75, 3.05) is 39.3 Å². The van der Waals surface area contributed by atoms with E-state index in [1.807, 2.05) is 24.3 Å². The summed E-state index contributed by atoms with van der Waals surface area (Å²) in [6.45, 7) is 9.05. The van der Waals surface area contributed by atoms with Gasteiger partial charge in [0.05, 0.1) is 12.1 Å². The topological polar surface area (TPSA) is 756 Å². The van der Waals surface area contributed by atoms with E-state index in [-0.39, 0.29) is 165 Å². The van der Waals surface area contributed by atoms with Gasteiger partial charge in [0.1, 0.15) is 66.5 Å². The van der Waals surface area contributed by atoms with Crippen LogP contribution in [0.5, 0.6) is 0 Å². The maximum atomic E-state index is 15.4. The molecule has 6 aromatic rings. The Morgan fingerprint density at radius 1 is 0.328 bits per heavy atom. The smallest absolute Gasteiger partial charge is 0.245 e. The number of rotatable bonds is 58. The number of guanidine groups is 4. The Balaban J connectivity index is 1.30. The van der Waals surface area contributed by atoms with E-state index in [2.05, 4.69) is 94.7 Å². The molecule has 12 amide bonds. The molecule has 3 aromatic carbocycles. The molecule has 43 nitrogen and oxygen atoms in total. The maximum Gasteiger partial charge on any atom is 0.245 e. The summed E-state index contributed by atoms with van der Waals surface area (Å²) in [7, 11) is 0. The highest BCUT2D eigenvalue weighted by atomic mass is 16.3. The maximum absolute atomic E-state index is 15.4. The number of hydrogen-bond donors (Lipinski definition) is 31. The number of benzene rings is 3. The number of aliphatic hydroxyl groups excluding tert-OH is 1. The average molecular weight is 1780 g/mol. The Kier molecular flexibility index (Phi) is 43.2. The number of amides is 12. The molecular weight excluding hydrogens is 1650 g/mol. The second kappa shape index (κ2) is 53.3. The van der Waals surface area contributed by atoms with E-state index in [9.17, 15) is 33.9 Å². The first-order valence-corrected chi connectivity index (χ1v) is 43.4. The summed E-state index contributed by atoms with van der Waals surface area (Å²) in [6, 6.07) is 4.32. The summed E-state index contributed by atoms with van der Waals surface area (Å²) in [6.07, 6.45) is 4.34. The molecule has 13 atom stereocenters. The molecule has 3 aromatic heterocycles. The predicted octanol–water partition coefficient (Wildman–Crippen LogP) is -2.91. The molecule has 0 aliphatic carbocycles. The van der Waals surface area contributed by atoms with Gasteiger partial charge in [0, 0.05) is 90.3 Å². The Morgan fingerprint density at radius 3 is 0.898 bits per heavy atom. The van der Waals surface area contributed by atoms with Gasteiger partial charge in [-0.05, 0) is 176 Å². The number of unbranched alkanes of at least 4 members (excludes halogenated alkanes) is 2. The van der Waals surface area contributed by atoms with Crippen molar-refractivity contribution in [1.82, 2.24) is 94.7 Å². The van der Waals surface area contributed by atoms with Crippen LogP contribution < -0.4 is 126 Å². The fourth-order valence-corrected chi connectivity index (χ4v) is 14.6. The molecule has 6 rings (SSSR count). The van der Waals surface area contributed by atoms with Crippen LogP contribution in [0.15, 0.2) is 91.4 Å². The van der Waals surface area contributed by atoms with Gasteiger partial charge in [0.15, 0.2) is 23.8 Å². The van der Waals surface area contributed by atoms with Gasteiger partial charge in [-0.3, -0.25) is 79.2 Å². The lowest BCUT2D eigenvalue weighted by molar-refractivity contribution is -0.137. The van der Waals surface area contributed by atoms with E-state index in [4.69, 9.17) is 67.5 Å². The zero-order valence-corrected chi connectivity index (χ0v) is 73.5. The Morgan fingerprint density at radius 2 is 0.586 bits per heavy atom. The molecule has 0 aliphatic heterocycles. The normalized spacial score (nSPS) is 14.4. The van der Waals surface area contributed by atoms with Gasteiger partial charge in [0.25, 0.3) is 0 Å². The van der Waals surface area contributed by atoms with Crippen molar-refractivity contribution in [2.24, 2.45) is 57.7 Å². The summed E-state index contributed by atoms with van der Waals surface area (Å²) in [5, 5.41) is 85.4. The number of nitrogens with one attached hydrogen (secondary N) is 22. The van der Waals surface area contributed by atoms with Gasteiger partial charge >= 0.3 is 0 Å². The van der Waals surface area contributed by atoms with Crippen LogP contribution >= 0.6 is 0 Å². The van der Waals surface area contributed by atoms with Gasteiger partial charge in [-0.25, -0.2) is 0 Å². The number of fused-ring (bicyclic) bond motifs is 3. The fourth-order valence-electron chi connectivity index (χ4n) is 14.6. The largest absolute Gasteiger partial charge is 0.391 e. The second-order valence-corrected chi connectivity index (χ2v) is 32.8. The van der Waals surface area contributed by atoms with Crippen LogP contribution in [0.2, 0.25) is 0 Å². The lowest BCUT2D eigenvalue weighted by Gasteiger charge is -2.29. The molecule has 0 saturated heterocycles. The van der Waals surface area contributed by atoms with Crippen molar-refractivity contribution in [1.29, 1.82) is 21.6 Å². The minimum absolute atomic E-state index is 0.00749. The third-order valence-corrected chi connectivity index (χ3v) is 21.3. The molecule has 0 radical (unpaired) electrons. The zero-order chi connectivity index (χ0) is 94.1. The first kappa shape index (κ1) is 104. The average Bonchev–Trinajstić information content (AvgIpc) is 1.66. The third kappa shape index (κ3) is 35.0. The first-order valence-electron chi connectivity index (χ1n) is 43.4. The van der Waals surface area contributed by atoms with E-state index in [0.29, 0.717) is 58.7 Å². The van der Waals surface area contributed by atoms with E-state index in [1.54, 1.807) is 94.8 Å². The molecule has 702 valence electrons. The molecule has 128 heavy (non-hydrogen) atoms. The Bertz CT molecular complexity index is 4720. The van der Waals surface area contributed by atoms with Crippen LogP contribution in [0.4, 0.5) is 0 Å². The molecule has 0 fully saturated rings. The summed E-state index contributed by atoms with van der Waals surface area (Å²) in [5.74, 6) is -12.6. The quantitative estimate of drug-likeness (QED) is 0.0103. The van der Waals surface area contributed by atoms with Crippen LogP contribution in [0.25, 0.3) is 32.7 Å². The van der Waals surface area contributed by atoms with Gasteiger partial charge in [0.2, 0.25) is 70.9 Å². The number of para-hydroxylation sites is 3. The number of H-pyrrole nitrogens is 3. The summed E-state index contributed by atoms with van der Waals surface area (Å²) in [4.78, 5) is 185. The zero-order valence-electron chi connectivity index (χ0n) is 73.5. The van der Waals surface area contributed by atoms with Crippen molar-refractivity contribution in [3.63, 3.8) is 0 Å².